The molecule has 104 valence electrons. The summed E-state index contributed by atoms with van der Waals surface area (Å²) >= 11 is 0. The van der Waals surface area contributed by atoms with Crippen molar-refractivity contribution in [1.82, 2.24) is 20.2 Å². The van der Waals surface area contributed by atoms with E-state index in [0.29, 0.717) is 5.95 Å². The van der Waals surface area contributed by atoms with Gasteiger partial charge < -0.3 is 20.9 Å². The van der Waals surface area contributed by atoms with Crippen LogP contribution in [0, 0.1) is 0 Å². The van der Waals surface area contributed by atoms with Crippen molar-refractivity contribution in [3.63, 3.8) is 0 Å². The van der Waals surface area contributed by atoms with E-state index in [9.17, 15) is 0 Å². The van der Waals surface area contributed by atoms with Gasteiger partial charge in [0.1, 0.15) is 5.82 Å². The van der Waals surface area contributed by atoms with Crippen LogP contribution in [0.25, 0.3) is 0 Å². The Kier molecular flexibility index (Phi) is 3.52. The highest BCUT2D eigenvalue weighted by molar-refractivity contribution is 5.53. The standard InChI is InChI=1S/C13H22N6/c1-18-6-8-19(9-7-18)12-10-2-4-15-5-3-11(10)16-13(14)17-12/h15H,2-9H2,1H3,(H2,14,16,17). The van der Waals surface area contributed by atoms with Crippen LogP contribution in [-0.4, -0.2) is 61.2 Å². The number of aromatic nitrogens is 2. The molecule has 0 radical (unpaired) electrons. The average Bonchev–Trinajstić information content (AvgIpc) is 2.64. The monoisotopic (exact) mass is 262 g/mol. The van der Waals surface area contributed by atoms with Gasteiger partial charge in [-0.15, -0.1) is 0 Å². The van der Waals surface area contributed by atoms with Crippen LogP contribution in [0.15, 0.2) is 0 Å². The van der Waals surface area contributed by atoms with E-state index in [2.05, 4.69) is 32.1 Å². The molecule has 2 aliphatic rings. The van der Waals surface area contributed by atoms with Crippen molar-refractivity contribution >= 4 is 11.8 Å². The number of fused-ring (bicyclic) bond motifs is 1. The maximum Gasteiger partial charge on any atom is 0.222 e. The Labute approximate surface area is 114 Å². The van der Waals surface area contributed by atoms with E-state index < -0.39 is 0 Å². The normalized spacial score (nSPS) is 21.0. The van der Waals surface area contributed by atoms with E-state index in [4.69, 9.17) is 5.73 Å². The van der Waals surface area contributed by atoms with Crippen LogP contribution >= 0.6 is 0 Å². The first kappa shape index (κ1) is 12.6. The number of rotatable bonds is 1. The van der Waals surface area contributed by atoms with Crippen LogP contribution in [0.3, 0.4) is 0 Å². The lowest BCUT2D eigenvalue weighted by molar-refractivity contribution is 0.311. The number of nitrogens with one attached hydrogen (secondary N) is 1. The molecule has 1 aromatic rings. The fourth-order valence-electron chi connectivity index (χ4n) is 2.82. The van der Waals surface area contributed by atoms with Crippen LogP contribution in [0.4, 0.5) is 11.8 Å². The van der Waals surface area contributed by atoms with Crippen LogP contribution in [0.1, 0.15) is 11.3 Å². The van der Waals surface area contributed by atoms with Gasteiger partial charge in [0, 0.05) is 44.7 Å². The first-order chi connectivity index (χ1) is 9.24. The summed E-state index contributed by atoms with van der Waals surface area (Å²) in [4.78, 5) is 13.7. The molecule has 6 nitrogen and oxygen atoms in total. The zero-order chi connectivity index (χ0) is 13.2. The number of nitrogen functional groups attached to an aromatic ring is 1. The van der Waals surface area contributed by atoms with Crippen molar-refractivity contribution in [2.75, 3.05) is 56.9 Å². The van der Waals surface area contributed by atoms with E-state index in [-0.39, 0.29) is 0 Å². The third-order valence-electron chi connectivity index (χ3n) is 3.98. The van der Waals surface area contributed by atoms with Crippen LogP contribution in [0.2, 0.25) is 0 Å². The lowest BCUT2D eigenvalue weighted by Gasteiger charge is -2.34. The maximum atomic E-state index is 5.89. The third kappa shape index (κ3) is 2.64. The molecule has 0 aromatic carbocycles. The highest BCUT2D eigenvalue weighted by Gasteiger charge is 2.22. The predicted molar refractivity (Wildman–Crippen MR) is 76.4 cm³/mol. The molecule has 0 amide bonds. The van der Waals surface area contributed by atoms with Gasteiger partial charge in [0.2, 0.25) is 5.95 Å². The second-order valence-electron chi connectivity index (χ2n) is 5.37. The minimum Gasteiger partial charge on any atom is -0.368 e. The summed E-state index contributed by atoms with van der Waals surface area (Å²) in [6.07, 6.45) is 1.94. The van der Waals surface area contributed by atoms with Gasteiger partial charge in [0.25, 0.3) is 0 Å². The summed E-state index contributed by atoms with van der Waals surface area (Å²) in [7, 11) is 2.16. The zero-order valence-corrected chi connectivity index (χ0v) is 11.5. The van der Waals surface area contributed by atoms with Crippen molar-refractivity contribution in [2.24, 2.45) is 0 Å². The number of hydrogen-bond donors (Lipinski definition) is 2. The fraction of sp³-hybridized carbons (Fsp3) is 0.692. The van der Waals surface area contributed by atoms with E-state index in [1.54, 1.807) is 0 Å². The molecule has 0 atom stereocenters. The molecule has 3 N–H and O–H groups in total. The summed E-state index contributed by atoms with van der Waals surface area (Å²) in [6.45, 7) is 6.18. The Morgan fingerprint density at radius 2 is 1.79 bits per heavy atom. The van der Waals surface area contributed by atoms with Crippen molar-refractivity contribution in [3.05, 3.63) is 11.3 Å². The number of hydrogen-bond acceptors (Lipinski definition) is 6. The molecule has 0 spiro atoms. The molecule has 3 heterocycles. The molecule has 0 aliphatic carbocycles. The molecule has 0 saturated carbocycles. The molecular weight excluding hydrogens is 240 g/mol. The second kappa shape index (κ2) is 5.30. The molecule has 1 fully saturated rings. The highest BCUT2D eigenvalue weighted by Crippen LogP contribution is 2.24. The summed E-state index contributed by atoms with van der Waals surface area (Å²) in [5, 5.41) is 3.42. The average molecular weight is 262 g/mol. The molecule has 19 heavy (non-hydrogen) atoms. The van der Waals surface area contributed by atoms with Gasteiger partial charge in [-0.2, -0.15) is 4.98 Å². The lowest BCUT2D eigenvalue weighted by Crippen LogP contribution is -2.45. The summed E-state index contributed by atoms with van der Waals surface area (Å²) < 4.78 is 0. The largest absolute Gasteiger partial charge is 0.368 e. The van der Waals surface area contributed by atoms with Crippen molar-refractivity contribution in [1.29, 1.82) is 0 Å². The molecule has 1 aromatic heterocycles. The Morgan fingerprint density at radius 3 is 2.58 bits per heavy atom. The topological polar surface area (TPSA) is 70.3 Å². The summed E-state index contributed by atoms with van der Waals surface area (Å²) in [5.74, 6) is 1.48. The molecule has 6 heteroatoms. The smallest absolute Gasteiger partial charge is 0.222 e. The molecule has 2 aliphatic heterocycles. The van der Waals surface area contributed by atoms with E-state index in [1.165, 1.54) is 5.56 Å². The highest BCUT2D eigenvalue weighted by atomic mass is 15.3. The van der Waals surface area contributed by atoms with Crippen molar-refractivity contribution in [2.45, 2.75) is 12.8 Å². The number of likely N-dealkylation sites (N-methyl/N-ethyl adjacent to an activating group) is 1. The minimum atomic E-state index is 0.412. The van der Waals surface area contributed by atoms with E-state index in [1.807, 2.05) is 0 Å². The van der Waals surface area contributed by atoms with Crippen molar-refractivity contribution < 1.29 is 0 Å². The van der Waals surface area contributed by atoms with Crippen LogP contribution in [0.5, 0.6) is 0 Å². The Hall–Kier alpha value is -1.40. The van der Waals surface area contributed by atoms with E-state index >= 15 is 0 Å². The molecule has 1 saturated heterocycles. The van der Waals surface area contributed by atoms with Gasteiger partial charge >= 0.3 is 0 Å². The van der Waals surface area contributed by atoms with Crippen LogP contribution in [-0.2, 0) is 12.8 Å². The van der Waals surface area contributed by atoms with Gasteiger partial charge in [0.05, 0.1) is 5.69 Å². The van der Waals surface area contributed by atoms with Gasteiger partial charge in [-0.25, -0.2) is 4.98 Å². The summed E-state index contributed by atoms with van der Waals surface area (Å²) in [5.41, 5.74) is 8.31. The Morgan fingerprint density at radius 1 is 1.05 bits per heavy atom. The zero-order valence-electron chi connectivity index (χ0n) is 11.5. The summed E-state index contributed by atoms with van der Waals surface area (Å²) in [6, 6.07) is 0. The van der Waals surface area contributed by atoms with Gasteiger partial charge in [-0.05, 0) is 20.0 Å². The SMILES string of the molecule is CN1CCN(c2nc(N)nc3c2CCNCC3)CC1. The maximum absolute atomic E-state index is 5.89. The van der Waals surface area contributed by atoms with Gasteiger partial charge in [-0.1, -0.05) is 0 Å². The number of nitrogens with two attached hydrogens (primary N) is 1. The molecular formula is C13H22N6. The number of nitrogens with zero attached hydrogens (tertiary/aromatic N) is 4. The van der Waals surface area contributed by atoms with Gasteiger partial charge in [-0.3, -0.25) is 0 Å². The quantitative estimate of drug-likeness (QED) is 0.711. The number of anilines is 2. The first-order valence-corrected chi connectivity index (χ1v) is 7.03. The second-order valence-corrected chi connectivity index (χ2v) is 5.37. The van der Waals surface area contributed by atoms with Gasteiger partial charge in [0.15, 0.2) is 0 Å². The molecule has 3 rings (SSSR count). The third-order valence-corrected chi connectivity index (χ3v) is 3.98. The fourth-order valence-corrected chi connectivity index (χ4v) is 2.82. The lowest BCUT2D eigenvalue weighted by atomic mass is 10.1. The number of piperazine rings is 1. The minimum absolute atomic E-state index is 0.412. The van der Waals surface area contributed by atoms with E-state index in [0.717, 1.165) is 63.6 Å². The first-order valence-electron chi connectivity index (χ1n) is 7.03. The van der Waals surface area contributed by atoms with Crippen molar-refractivity contribution in [3.8, 4) is 0 Å². The Bertz CT molecular complexity index is 453. The Balaban J connectivity index is 1.93. The molecule has 0 bridgehead atoms. The predicted octanol–water partition coefficient (Wildman–Crippen LogP) is -0.501. The van der Waals surface area contributed by atoms with Crippen LogP contribution < -0.4 is 16.0 Å². The molecule has 0 unspecified atom stereocenters.